The Kier molecular flexibility index (Phi) is 15.8. The average Bonchev–Trinajstić information content (AvgIpc) is 2.94. The van der Waals surface area contributed by atoms with Crippen molar-refractivity contribution in [3.63, 3.8) is 0 Å². The van der Waals surface area contributed by atoms with E-state index in [9.17, 15) is 9.90 Å². The van der Waals surface area contributed by atoms with E-state index in [1.54, 1.807) is 24.3 Å². The fourth-order valence-corrected chi connectivity index (χ4v) is 6.43. The molecule has 4 rings (SSSR count). The van der Waals surface area contributed by atoms with Crippen LogP contribution in [-0.2, 0) is 19.2 Å². The molecule has 6 unspecified atom stereocenters. The van der Waals surface area contributed by atoms with Gasteiger partial charge in [0.2, 0.25) is 6.41 Å². The van der Waals surface area contributed by atoms with Gasteiger partial charge < -0.3 is 25.0 Å². The van der Waals surface area contributed by atoms with E-state index < -0.39 is 0 Å². The van der Waals surface area contributed by atoms with Crippen LogP contribution in [0, 0.1) is 35.5 Å². The van der Waals surface area contributed by atoms with Crippen molar-refractivity contribution in [2.24, 2.45) is 35.5 Å². The van der Waals surface area contributed by atoms with E-state index in [0.717, 1.165) is 49.7 Å². The van der Waals surface area contributed by atoms with Crippen molar-refractivity contribution < 1.29 is 34.6 Å². The third-order valence-corrected chi connectivity index (χ3v) is 8.86. The van der Waals surface area contributed by atoms with Gasteiger partial charge in [-0.1, -0.05) is 46.1 Å². The summed E-state index contributed by atoms with van der Waals surface area (Å²) < 4.78 is 12.5. The smallest absolute Gasteiger partial charge is 0.211 e. The SMILES string of the molecule is C=C(O)c1ccc(NC=O)cc1.CC(O)CCC1CCCC2C(C)C(OCC3CCC(C)CC3)OCC12.COO. The molecule has 0 bridgehead atoms. The normalized spacial score (nSPS) is 30.3. The summed E-state index contributed by atoms with van der Waals surface area (Å²) in [6.07, 6.45) is 11.9. The molecule has 8 heteroatoms. The summed E-state index contributed by atoms with van der Waals surface area (Å²) in [5.41, 5.74) is 1.33. The summed E-state index contributed by atoms with van der Waals surface area (Å²) >= 11 is 0. The van der Waals surface area contributed by atoms with E-state index in [0.29, 0.717) is 29.5 Å². The number of hydrogen-bond donors (Lipinski definition) is 4. The van der Waals surface area contributed by atoms with Crippen molar-refractivity contribution in [1.82, 2.24) is 0 Å². The van der Waals surface area contributed by atoms with Crippen molar-refractivity contribution in [3.05, 3.63) is 36.4 Å². The largest absolute Gasteiger partial charge is 0.508 e. The van der Waals surface area contributed by atoms with Gasteiger partial charge in [0.15, 0.2) is 6.29 Å². The van der Waals surface area contributed by atoms with Crippen molar-refractivity contribution in [1.29, 1.82) is 0 Å². The predicted molar refractivity (Wildman–Crippen MR) is 159 cm³/mol. The Morgan fingerprint density at radius 2 is 1.77 bits per heavy atom. The van der Waals surface area contributed by atoms with Gasteiger partial charge in [0.25, 0.3) is 0 Å². The molecule has 0 aromatic heterocycles. The minimum atomic E-state index is -0.170. The summed E-state index contributed by atoms with van der Waals surface area (Å²) in [5, 5.41) is 28.1. The molecule has 1 heterocycles. The van der Waals surface area contributed by atoms with Crippen LogP contribution >= 0.6 is 0 Å². The van der Waals surface area contributed by atoms with Gasteiger partial charge in [-0.25, -0.2) is 4.89 Å². The molecule has 4 N–H and O–H groups in total. The van der Waals surface area contributed by atoms with Crippen LogP contribution in [0.25, 0.3) is 5.76 Å². The lowest BCUT2D eigenvalue weighted by Gasteiger charge is -2.47. The van der Waals surface area contributed by atoms with Gasteiger partial charge in [-0.15, -0.1) is 0 Å². The first-order valence-electron chi connectivity index (χ1n) is 15.0. The second kappa shape index (κ2) is 18.5. The van der Waals surface area contributed by atoms with Crippen LogP contribution in [0.15, 0.2) is 30.8 Å². The zero-order valence-electron chi connectivity index (χ0n) is 25.0. The van der Waals surface area contributed by atoms with Gasteiger partial charge in [0.1, 0.15) is 5.76 Å². The number of amides is 1. The number of carbonyl (C=O) groups is 1. The third-order valence-electron chi connectivity index (χ3n) is 8.86. The Hall–Kier alpha value is -1.97. The molecule has 40 heavy (non-hydrogen) atoms. The quantitative estimate of drug-likeness (QED) is 0.112. The first-order valence-corrected chi connectivity index (χ1v) is 15.0. The van der Waals surface area contributed by atoms with Gasteiger partial charge in [-0.05, 0) is 92.9 Å². The standard InChI is InChI=1S/C22H40O3.C9H9NO2.CH4O2/c1-15-7-10-18(11-8-15)13-24-22-17(3)20-6-4-5-19(12-9-16(2)23)21(20)14-25-22;1-7(12)8-2-4-9(5-3-8)10-6-11;1-3-2/h15-23H,4-14H2,1-3H3;2-6,12H,1H2,(H,10,11);2H,1H3. The molecule has 0 spiro atoms. The van der Waals surface area contributed by atoms with E-state index in [2.05, 4.69) is 30.6 Å². The zero-order chi connectivity index (χ0) is 29.5. The molecule has 1 aliphatic heterocycles. The number of aliphatic hydroxyl groups excluding tert-OH is 2. The molecule has 1 aromatic carbocycles. The lowest BCUT2D eigenvalue weighted by Crippen LogP contribution is -2.47. The maximum atomic E-state index is 10.0. The highest BCUT2D eigenvalue weighted by atomic mass is 17.1. The monoisotopic (exact) mass is 563 g/mol. The molecule has 228 valence electrons. The highest BCUT2D eigenvalue weighted by molar-refractivity contribution is 5.72. The Morgan fingerprint density at radius 1 is 1.12 bits per heavy atom. The second-order valence-corrected chi connectivity index (χ2v) is 11.9. The summed E-state index contributed by atoms with van der Waals surface area (Å²) in [4.78, 5) is 13.3. The van der Waals surface area contributed by atoms with Crippen LogP contribution in [0.3, 0.4) is 0 Å². The van der Waals surface area contributed by atoms with Crippen molar-refractivity contribution >= 4 is 17.9 Å². The Morgan fingerprint density at radius 3 is 2.35 bits per heavy atom. The summed E-state index contributed by atoms with van der Waals surface area (Å²) in [6.45, 7) is 11.8. The zero-order valence-corrected chi connectivity index (χ0v) is 25.0. The van der Waals surface area contributed by atoms with E-state index in [4.69, 9.17) is 19.8 Å². The van der Waals surface area contributed by atoms with Crippen LogP contribution in [0.1, 0.15) is 84.1 Å². The number of ether oxygens (including phenoxy) is 2. The Labute approximate surface area is 241 Å². The summed E-state index contributed by atoms with van der Waals surface area (Å²) in [5.74, 6) is 4.34. The molecular formula is C32H53NO7. The second-order valence-electron chi connectivity index (χ2n) is 11.9. The number of carbonyl (C=O) groups excluding carboxylic acids is 1. The molecule has 8 nitrogen and oxygen atoms in total. The van der Waals surface area contributed by atoms with Crippen LogP contribution in [0.5, 0.6) is 0 Å². The number of rotatable bonds is 9. The Bertz CT molecular complexity index is 838. The fourth-order valence-electron chi connectivity index (χ4n) is 6.43. The number of hydrogen-bond acceptors (Lipinski definition) is 7. The van der Waals surface area contributed by atoms with Crippen LogP contribution in [-0.4, -0.2) is 54.6 Å². The maximum Gasteiger partial charge on any atom is 0.211 e. The maximum absolute atomic E-state index is 10.0. The van der Waals surface area contributed by atoms with Crippen molar-refractivity contribution in [2.75, 3.05) is 25.6 Å². The van der Waals surface area contributed by atoms with E-state index in [1.165, 1.54) is 52.1 Å². The lowest BCUT2D eigenvalue weighted by molar-refractivity contribution is -0.237. The fraction of sp³-hybridized carbons (Fsp3) is 0.719. The first kappa shape index (κ1) is 34.2. The van der Waals surface area contributed by atoms with Gasteiger partial charge in [0, 0.05) is 17.2 Å². The molecule has 6 atom stereocenters. The van der Waals surface area contributed by atoms with Gasteiger partial charge in [0.05, 0.1) is 26.4 Å². The van der Waals surface area contributed by atoms with Crippen LogP contribution < -0.4 is 5.32 Å². The average molecular weight is 564 g/mol. The van der Waals surface area contributed by atoms with Gasteiger partial charge in [-0.3, -0.25) is 10.1 Å². The highest BCUT2D eigenvalue weighted by Crippen LogP contribution is 2.46. The van der Waals surface area contributed by atoms with E-state index >= 15 is 0 Å². The predicted octanol–water partition coefficient (Wildman–Crippen LogP) is 6.90. The molecule has 3 aliphatic rings. The van der Waals surface area contributed by atoms with E-state index in [-0.39, 0.29) is 18.2 Å². The molecule has 1 amide bonds. The number of anilines is 1. The Balaban J connectivity index is 0.000000312. The molecule has 1 saturated heterocycles. The first-order chi connectivity index (χ1) is 19.2. The van der Waals surface area contributed by atoms with Gasteiger partial charge in [-0.2, -0.15) is 0 Å². The molecule has 2 aliphatic carbocycles. The van der Waals surface area contributed by atoms with Crippen LogP contribution in [0.4, 0.5) is 5.69 Å². The van der Waals surface area contributed by atoms with E-state index in [1.807, 2.05) is 6.92 Å². The highest BCUT2D eigenvalue weighted by Gasteiger charge is 2.43. The number of aliphatic hydroxyl groups is 2. The number of nitrogens with one attached hydrogen (secondary N) is 1. The number of benzene rings is 1. The minimum Gasteiger partial charge on any atom is -0.508 e. The molecular weight excluding hydrogens is 510 g/mol. The third kappa shape index (κ3) is 11.5. The lowest BCUT2D eigenvalue weighted by atomic mass is 9.65. The van der Waals surface area contributed by atoms with Crippen LogP contribution in [0.2, 0.25) is 0 Å². The minimum absolute atomic E-state index is 0.0103. The van der Waals surface area contributed by atoms with Gasteiger partial charge >= 0.3 is 0 Å². The molecule has 1 aromatic rings. The number of fused-ring (bicyclic) bond motifs is 1. The summed E-state index contributed by atoms with van der Waals surface area (Å²) in [7, 11) is 1.18. The molecule has 0 radical (unpaired) electrons. The molecule has 2 saturated carbocycles. The summed E-state index contributed by atoms with van der Waals surface area (Å²) in [6, 6.07) is 6.72. The van der Waals surface area contributed by atoms with Crippen molar-refractivity contribution in [3.8, 4) is 0 Å². The molecule has 3 fully saturated rings. The topological polar surface area (TPSA) is 117 Å². The van der Waals surface area contributed by atoms with Crippen molar-refractivity contribution in [2.45, 2.75) is 91.0 Å².